The minimum absolute atomic E-state index is 0.00720. The van der Waals surface area contributed by atoms with Gasteiger partial charge in [-0.05, 0) is 37.0 Å². The predicted octanol–water partition coefficient (Wildman–Crippen LogP) is 3.51. The van der Waals surface area contributed by atoms with Gasteiger partial charge in [0.1, 0.15) is 5.82 Å². The molecule has 1 aromatic rings. The molecular weight excluding hydrogens is 233 g/mol. The Labute approximate surface area is 106 Å². The zero-order chi connectivity index (χ0) is 13.1. The van der Waals surface area contributed by atoms with E-state index >= 15 is 0 Å². The molecule has 0 bridgehead atoms. The Balaban J connectivity index is 2.20. The van der Waals surface area contributed by atoms with Gasteiger partial charge in [0, 0.05) is 11.7 Å². The van der Waals surface area contributed by atoms with Crippen molar-refractivity contribution < 1.29 is 14.3 Å². The van der Waals surface area contributed by atoms with Crippen molar-refractivity contribution in [3.05, 3.63) is 29.6 Å². The Morgan fingerprint density at radius 1 is 1.39 bits per heavy atom. The third kappa shape index (κ3) is 2.81. The molecule has 0 aromatic heterocycles. The lowest BCUT2D eigenvalue weighted by atomic mass is 9.85. The van der Waals surface area contributed by atoms with Gasteiger partial charge < -0.3 is 10.4 Å². The van der Waals surface area contributed by atoms with E-state index in [0.29, 0.717) is 11.6 Å². The van der Waals surface area contributed by atoms with Crippen molar-refractivity contribution in [1.29, 1.82) is 0 Å². The first-order chi connectivity index (χ1) is 8.58. The fraction of sp³-hybridized carbons (Fsp3) is 0.500. The van der Waals surface area contributed by atoms with Crippen molar-refractivity contribution >= 4 is 11.7 Å². The fourth-order valence-electron chi connectivity index (χ4n) is 2.55. The van der Waals surface area contributed by atoms with Crippen molar-refractivity contribution in [2.75, 3.05) is 5.32 Å². The number of carbonyl (C=O) groups is 1. The van der Waals surface area contributed by atoms with Gasteiger partial charge in [0.25, 0.3) is 0 Å². The molecule has 1 aromatic carbocycles. The van der Waals surface area contributed by atoms with Gasteiger partial charge in [-0.3, -0.25) is 0 Å². The molecule has 1 saturated carbocycles. The summed E-state index contributed by atoms with van der Waals surface area (Å²) in [4.78, 5) is 11.1. The largest absolute Gasteiger partial charge is 0.478 e. The molecule has 2 rings (SSSR count). The van der Waals surface area contributed by atoms with E-state index in [2.05, 4.69) is 12.2 Å². The van der Waals surface area contributed by atoms with Gasteiger partial charge in [0.05, 0.1) is 5.56 Å². The average Bonchev–Trinajstić information content (AvgIpc) is 2.34. The van der Waals surface area contributed by atoms with Crippen molar-refractivity contribution in [3.8, 4) is 0 Å². The van der Waals surface area contributed by atoms with E-state index in [1.54, 1.807) is 0 Å². The number of rotatable bonds is 3. The van der Waals surface area contributed by atoms with E-state index in [1.165, 1.54) is 18.6 Å². The molecule has 1 fully saturated rings. The van der Waals surface area contributed by atoms with Crippen LogP contribution in [-0.2, 0) is 0 Å². The third-order valence-electron chi connectivity index (χ3n) is 3.66. The molecule has 3 nitrogen and oxygen atoms in total. The highest BCUT2D eigenvalue weighted by molar-refractivity contribution is 5.94. The van der Waals surface area contributed by atoms with Gasteiger partial charge in [-0.2, -0.15) is 0 Å². The Kier molecular flexibility index (Phi) is 3.84. The summed E-state index contributed by atoms with van der Waals surface area (Å²) in [7, 11) is 0. The maximum atomic E-state index is 13.1. The lowest BCUT2D eigenvalue weighted by molar-refractivity contribution is 0.0697. The standard InChI is InChI=1S/C14H18FNO2/c1-9-4-2-3-5-12(9)16-13-7-6-10(15)8-11(13)14(17)18/h6-9,12,16H,2-5H2,1H3,(H,17,18). The van der Waals surface area contributed by atoms with Gasteiger partial charge in [-0.25, -0.2) is 9.18 Å². The van der Waals surface area contributed by atoms with Crippen LogP contribution in [0.15, 0.2) is 18.2 Å². The van der Waals surface area contributed by atoms with Crippen LogP contribution in [0, 0.1) is 11.7 Å². The summed E-state index contributed by atoms with van der Waals surface area (Å²) in [6.45, 7) is 2.17. The number of carboxylic acid groups (broad SMARTS) is 1. The highest BCUT2D eigenvalue weighted by Gasteiger charge is 2.22. The summed E-state index contributed by atoms with van der Waals surface area (Å²) in [5.74, 6) is -1.10. The Bertz CT molecular complexity index is 447. The normalized spacial score (nSPS) is 23.7. The number of aromatic carboxylic acids is 1. The van der Waals surface area contributed by atoms with Crippen molar-refractivity contribution in [2.24, 2.45) is 5.92 Å². The third-order valence-corrected chi connectivity index (χ3v) is 3.66. The highest BCUT2D eigenvalue weighted by Crippen LogP contribution is 2.28. The van der Waals surface area contributed by atoms with E-state index in [-0.39, 0.29) is 11.6 Å². The van der Waals surface area contributed by atoms with Gasteiger partial charge in [-0.15, -0.1) is 0 Å². The minimum atomic E-state index is -1.10. The van der Waals surface area contributed by atoms with Crippen LogP contribution in [0.25, 0.3) is 0 Å². The van der Waals surface area contributed by atoms with E-state index < -0.39 is 11.8 Å². The molecule has 18 heavy (non-hydrogen) atoms. The lowest BCUT2D eigenvalue weighted by Gasteiger charge is -2.30. The first-order valence-corrected chi connectivity index (χ1v) is 6.37. The van der Waals surface area contributed by atoms with Gasteiger partial charge >= 0.3 is 5.97 Å². The lowest BCUT2D eigenvalue weighted by Crippen LogP contribution is -2.31. The van der Waals surface area contributed by atoms with Crippen LogP contribution in [0.5, 0.6) is 0 Å². The van der Waals surface area contributed by atoms with Crippen LogP contribution in [0.1, 0.15) is 43.0 Å². The zero-order valence-electron chi connectivity index (χ0n) is 10.4. The quantitative estimate of drug-likeness (QED) is 0.864. The molecule has 0 saturated heterocycles. The first-order valence-electron chi connectivity index (χ1n) is 6.37. The summed E-state index contributed by atoms with van der Waals surface area (Å²) < 4.78 is 13.1. The molecule has 2 unspecified atom stereocenters. The number of hydrogen-bond acceptors (Lipinski definition) is 2. The van der Waals surface area contributed by atoms with Gasteiger partial charge in [-0.1, -0.05) is 19.8 Å². The molecule has 2 N–H and O–H groups in total. The second kappa shape index (κ2) is 5.38. The Hall–Kier alpha value is -1.58. The van der Waals surface area contributed by atoms with Crippen molar-refractivity contribution in [3.63, 3.8) is 0 Å². The fourth-order valence-corrected chi connectivity index (χ4v) is 2.55. The highest BCUT2D eigenvalue weighted by atomic mass is 19.1. The van der Waals surface area contributed by atoms with Crippen LogP contribution in [0.2, 0.25) is 0 Å². The monoisotopic (exact) mass is 251 g/mol. The van der Waals surface area contributed by atoms with Crippen molar-refractivity contribution in [2.45, 2.75) is 38.6 Å². The molecule has 0 radical (unpaired) electrons. The molecule has 0 spiro atoms. The van der Waals surface area contributed by atoms with E-state index in [4.69, 9.17) is 5.11 Å². The van der Waals surface area contributed by atoms with Crippen LogP contribution >= 0.6 is 0 Å². The first kappa shape index (κ1) is 12.9. The summed E-state index contributed by atoms with van der Waals surface area (Å²) >= 11 is 0. The van der Waals surface area contributed by atoms with E-state index in [1.807, 2.05) is 0 Å². The molecular formula is C14H18FNO2. The molecule has 0 heterocycles. The van der Waals surface area contributed by atoms with Crippen LogP contribution < -0.4 is 5.32 Å². The number of nitrogens with one attached hydrogen (secondary N) is 1. The maximum absolute atomic E-state index is 13.1. The average molecular weight is 251 g/mol. The molecule has 1 aliphatic carbocycles. The number of anilines is 1. The number of carboxylic acids is 1. The van der Waals surface area contributed by atoms with E-state index in [9.17, 15) is 9.18 Å². The minimum Gasteiger partial charge on any atom is -0.478 e. The van der Waals surface area contributed by atoms with Gasteiger partial charge in [0.2, 0.25) is 0 Å². The molecule has 1 aliphatic rings. The predicted molar refractivity (Wildman–Crippen MR) is 68.4 cm³/mol. The number of hydrogen-bond donors (Lipinski definition) is 2. The topological polar surface area (TPSA) is 49.3 Å². The Morgan fingerprint density at radius 2 is 2.11 bits per heavy atom. The van der Waals surface area contributed by atoms with Crippen LogP contribution in [0.3, 0.4) is 0 Å². The molecule has 0 amide bonds. The summed E-state index contributed by atoms with van der Waals surface area (Å²) in [6.07, 6.45) is 4.58. The summed E-state index contributed by atoms with van der Waals surface area (Å²) in [5, 5.41) is 12.3. The van der Waals surface area contributed by atoms with E-state index in [0.717, 1.165) is 25.3 Å². The summed E-state index contributed by atoms with van der Waals surface area (Å²) in [5.41, 5.74) is 0.524. The summed E-state index contributed by atoms with van der Waals surface area (Å²) in [6, 6.07) is 4.16. The van der Waals surface area contributed by atoms with Crippen LogP contribution in [-0.4, -0.2) is 17.1 Å². The molecule has 4 heteroatoms. The van der Waals surface area contributed by atoms with Crippen LogP contribution in [0.4, 0.5) is 10.1 Å². The molecule has 98 valence electrons. The maximum Gasteiger partial charge on any atom is 0.337 e. The van der Waals surface area contributed by atoms with Gasteiger partial charge in [0.15, 0.2) is 0 Å². The second-order valence-corrected chi connectivity index (χ2v) is 5.01. The second-order valence-electron chi connectivity index (χ2n) is 5.01. The smallest absolute Gasteiger partial charge is 0.337 e. The molecule has 2 atom stereocenters. The number of halogens is 1. The SMILES string of the molecule is CC1CCCCC1Nc1ccc(F)cc1C(=O)O. The zero-order valence-corrected chi connectivity index (χ0v) is 10.4. The van der Waals surface area contributed by atoms with Crippen molar-refractivity contribution in [1.82, 2.24) is 0 Å². The molecule has 0 aliphatic heterocycles. The number of benzene rings is 1. The Morgan fingerprint density at radius 3 is 2.78 bits per heavy atom.